The van der Waals surface area contributed by atoms with Gasteiger partial charge in [-0.25, -0.2) is 0 Å². The summed E-state index contributed by atoms with van der Waals surface area (Å²) in [5, 5.41) is 6.78. The van der Waals surface area contributed by atoms with Gasteiger partial charge in [0.1, 0.15) is 22.3 Å². The van der Waals surface area contributed by atoms with Crippen molar-refractivity contribution in [2.45, 2.75) is 0 Å². The van der Waals surface area contributed by atoms with E-state index in [0.29, 0.717) is 0 Å². The molecule has 0 N–H and O–H groups in total. The summed E-state index contributed by atoms with van der Waals surface area (Å²) in [5.41, 5.74) is 11.1. The molecule has 10 rings (SSSR count). The first kappa shape index (κ1) is 27.5. The van der Waals surface area contributed by atoms with Crippen LogP contribution in [0.15, 0.2) is 185 Å². The van der Waals surface area contributed by atoms with Gasteiger partial charge in [-0.1, -0.05) is 127 Å². The molecule has 8 aromatic carbocycles. The fraction of sp³-hybridized carbons (Fsp3) is 0. The van der Waals surface area contributed by atoms with Crippen molar-refractivity contribution >= 4 is 71.7 Å². The van der Waals surface area contributed by atoms with Gasteiger partial charge < -0.3 is 13.7 Å². The predicted octanol–water partition coefficient (Wildman–Crippen LogP) is 13.4. The third-order valence-corrected chi connectivity index (χ3v) is 9.66. The van der Waals surface area contributed by atoms with Gasteiger partial charge in [0.15, 0.2) is 0 Å². The number of hydrogen-bond donors (Lipinski definition) is 0. The first-order valence-corrected chi connectivity index (χ1v) is 16.6. The molecule has 230 valence electrons. The standard InChI is InChI=1S/C46H29NO2/c1-2-12-32(13-3-1)36-16-8-17-38-45-40(19-10-22-43(45)49-46(36)38)47(39-18-9-21-42-44(39)37-15-6-7-20-41(37)48-42)35-27-25-31(26-28-35)34-24-23-30-11-4-5-14-33(30)29-34/h1-29H. The summed E-state index contributed by atoms with van der Waals surface area (Å²) in [6, 6.07) is 61.9. The van der Waals surface area contributed by atoms with Gasteiger partial charge in [-0.3, -0.25) is 0 Å². The Morgan fingerprint density at radius 3 is 1.80 bits per heavy atom. The van der Waals surface area contributed by atoms with Crippen molar-refractivity contribution in [3.8, 4) is 22.3 Å². The topological polar surface area (TPSA) is 29.5 Å². The lowest BCUT2D eigenvalue weighted by Crippen LogP contribution is -2.10. The van der Waals surface area contributed by atoms with Gasteiger partial charge in [0.05, 0.1) is 22.1 Å². The summed E-state index contributed by atoms with van der Waals surface area (Å²) in [5.74, 6) is 0. The van der Waals surface area contributed by atoms with Crippen LogP contribution in [0.2, 0.25) is 0 Å². The fourth-order valence-corrected chi connectivity index (χ4v) is 7.38. The zero-order valence-corrected chi connectivity index (χ0v) is 26.5. The van der Waals surface area contributed by atoms with E-state index in [-0.39, 0.29) is 0 Å². The Bertz CT molecular complexity index is 2830. The lowest BCUT2D eigenvalue weighted by atomic mass is 10.00. The molecule has 0 atom stereocenters. The highest BCUT2D eigenvalue weighted by atomic mass is 16.3. The zero-order chi connectivity index (χ0) is 32.3. The van der Waals surface area contributed by atoms with Crippen molar-refractivity contribution in [1.29, 1.82) is 0 Å². The maximum absolute atomic E-state index is 6.71. The minimum absolute atomic E-state index is 0.845. The van der Waals surface area contributed by atoms with E-state index in [1.165, 1.54) is 21.9 Å². The van der Waals surface area contributed by atoms with E-state index in [4.69, 9.17) is 8.83 Å². The van der Waals surface area contributed by atoms with Gasteiger partial charge in [-0.05, 0) is 76.0 Å². The minimum Gasteiger partial charge on any atom is -0.456 e. The minimum atomic E-state index is 0.845. The predicted molar refractivity (Wildman–Crippen MR) is 204 cm³/mol. The van der Waals surface area contributed by atoms with Crippen LogP contribution < -0.4 is 4.90 Å². The van der Waals surface area contributed by atoms with E-state index in [0.717, 1.165) is 72.1 Å². The van der Waals surface area contributed by atoms with Crippen LogP contribution in [-0.4, -0.2) is 0 Å². The average molecular weight is 628 g/mol. The van der Waals surface area contributed by atoms with E-state index in [1.807, 2.05) is 18.2 Å². The van der Waals surface area contributed by atoms with Gasteiger partial charge in [-0.15, -0.1) is 0 Å². The van der Waals surface area contributed by atoms with E-state index >= 15 is 0 Å². The Hall–Kier alpha value is -6.58. The van der Waals surface area contributed by atoms with Crippen LogP contribution in [0.5, 0.6) is 0 Å². The first-order valence-electron chi connectivity index (χ1n) is 16.6. The number of benzene rings is 8. The Labute approximate surface area is 282 Å². The highest BCUT2D eigenvalue weighted by Gasteiger charge is 2.24. The highest BCUT2D eigenvalue weighted by molar-refractivity contribution is 6.19. The van der Waals surface area contributed by atoms with Crippen LogP contribution in [-0.2, 0) is 0 Å². The van der Waals surface area contributed by atoms with Crippen LogP contribution in [0.25, 0.3) is 76.9 Å². The molecular weight excluding hydrogens is 599 g/mol. The van der Waals surface area contributed by atoms with Crippen LogP contribution in [0.3, 0.4) is 0 Å². The summed E-state index contributed by atoms with van der Waals surface area (Å²) in [4.78, 5) is 2.36. The SMILES string of the molecule is c1ccc(-c2cccc3c2oc2cccc(N(c4ccc(-c5ccc6ccccc6c5)cc4)c4cccc5oc6ccccc6c45)c23)cc1. The van der Waals surface area contributed by atoms with E-state index in [1.54, 1.807) is 0 Å². The van der Waals surface area contributed by atoms with Crippen molar-refractivity contribution in [3.05, 3.63) is 176 Å². The summed E-state index contributed by atoms with van der Waals surface area (Å²) in [7, 11) is 0. The normalized spacial score (nSPS) is 11.7. The van der Waals surface area contributed by atoms with Crippen molar-refractivity contribution in [2.24, 2.45) is 0 Å². The Balaban J connectivity index is 1.22. The summed E-state index contributed by atoms with van der Waals surface area (Å²) < 4.78 is 13.1. The van der Waals surface area contributed by atoms with Crippen molar-refractivity contribution < 1.29 is 8.83 Å². The van der Waals surface area contributed by atoms with Gasteiger partial charge >= 0.3 is 0 Å². The maximum atomic E-state index is 6.71. The number of furan rings is 2. The molecule has 0 radical (unpaired) electrons. The highest BCUT2D eigenvalue weighted by Crippen LogP contribution is 2.48. The Morgan fingerprint density at radius 2 is 0.980 bits per heavy atom. The molecule has 10 aromatic rings. The van der Waals surface area contributed by atoms with E-state index in [2.05, 4.69) is 163 Å². The average Bonchev–Trinajstić information content (AvgIpc) is 3.75. The smallest absolute Gasteiger partial charge is 0.143 e. The monoisotopic (exact) mass is 627 g/mol. The molecule has 3 nitrogen and oxygen atoms in total. The zero-order valence-electron chi connectivity index (χ0n) is 26.5. The largest absolute Gasteiger partial charge is 0.456 e. The second kappa shape index (κ2) is 11.0. The molecule has 0 unspecified atom stereocenters. The molecule has 2 heterocycles. The molecule has 0 amide bonds. The van der Waals surface area contributed by atoms with Crippen LogP contribution in [0, 0.1) is 0 Å². The van der Waals surface area contributed by atoms with Crippen LogP contribution >= 0.6 is 0 Å². The molecule has 0 aliphatic heterocycles. The Kier molecular flexibility index (Phi) is 6.18. The summed E-state index contributed by atoms with van der Waals surface area (Å²) >= 11 is 0. The molecule has 49 heavy (non-hydrogen) atoms. The quantitative estimate of drug-likeness (QED) is 0.190. The maximum Gasteiger partial charge on any atom is 0.143 e. The summed E-state index contributed by atoms with van der Waals surface area (Å²) in [6.45, 7) is 0. The molecule has 0 aliphatic carbocycles. The lowest BCUT2D eigenvalue weighted by Gasteiger charge is -2.27. The lowest BCUT2D eigenvalue weighted by molar-refractivity contribution is 0.669. The third-order valence-electron chi connectivity index (χ3n) is 9.66. The van der Waals surface area contributed by atoms with E-state index < -0.39 is 0 Å². The molecule has 0 fully saturated rings. The number of fused-ring (bicyclic) bond motifs is 7. The molecule has 0 saturated heterocycles. The van der Waals surface area contributed by atoms with Crippen LogP contribution in [0.4, 0.5) is 17.1 Å². The second-order valence-corrected chi connectivity index (χ2v) is 12.5. The number of hydrogen-bond acceptors (Lipinski definition) is 3. The van der Waals surface area contributed by atoms with Gasteiger partial charge in [0.25, 0.3) is 0 Å². The number of rotatable bonds is 5. The molecule has 0 aliphatic rings. The van der Waals surface area contributed by atoms with Crippen molar-refractivity contribution in [1.82, 2.24) is 0 Å². The van der Waals surface area contributed by atoms with Crippen LogP contribution in [0.1, 0.15) is 0 Å². The number of nitrogens with zero attached hydrogens (tertiary/aromatic N) is 1. The molecule has 0 bridgehead atoms. The number of anilines is 3. The van der Waals surface area contributed by atoms with Gasteiger partial charge in [0.2, 0.25) is 0 Å². The van der Waals surface area contributed by atoms with E-state index in [9.17, 15) is 0 Å². The molecule has 3 heteroatoms. The molecule has 0 saturated carbocycles. The fourth-order valence-electron chi connectivity index (χ4n) is 7.38. The van der Waals surface area contributed by atoms with Gasteiger partial charge in [0, 0.05) is 22.0 Å². The third kappa shape index (κ3) is 4.44. The first-order chi connectivity index (χ1) is 24.3. The summed E-state index contributed by atoms with van der Waals surface area (Å²) in [6.07, 6.45) is 0. The van der Waals surface area contributed by atoms with Crippen molar-refractivity contribution in [3.63, 3.8) is 0 Å². The number of para-hydroxylation sites is 2. The van der Waals surface area contributed by atoms with Crippen molar-refractivity contribution in [2.75, 3.05) is 4.90 Å². The molecule has 2 aromatic heterocycles. The Morgan fingerprint density at radius 1 is 0.367 bits per heavy atom. The second-order valence-electron chi connectivity index (χ2n) is 12.5. The molecule has 0 spiro atoms. The van der Waals surface area contributed by atoms with Gasteiger partial charge in [-0.2, -0.15) is 0 Å². The molecular formula is C46H29NO2.